The molecule has 0 aliphatic carbocycles. The van der Waals surface area contributed by atoms with Crippen LogP contribution in [0.15, 0.2) is 18.6 Å². The van der Waals surface area contributed by atoms with Crippen molar-refractivity contribution >= 4 is 47.8 Å². The van der Waals surface area contributed by atoms with E-state index in [1.54, 1.807) is 27.7 Å². The van der Waals surface area contributed by atoms with Gasteiger partial charge < -0.3 is 36.0 Å². The van der Waals surface area contributed by atoms with E-state index in [-0.39, 0.29) is 38.0 Å². The summed E-state index contributed by atoms with van der Waals surface area (Å²) < 4.78 is 34.5. The van der Waals surface area contributed by atoms with Crippen LogP contribution in [0.1, 0.15) is 64.4 Å². The minimum Gasteiger partial charge on any atom is -0.480 e. The van der Waals surface area contributed by atoms with Crippen molar-refractivity contribution in [2.75, 3.05) is 13.1 Å². The number of amides is 5. The number of rotatable bonds is 18. The fraction of sp³-hybridized carbons (Fsp3) is 0.600. The molecule has 5 atom stereocenters. The first-order valence-corrected chi connectivity index (χ1v) is 15.4. The number of aliphatic carboxylic acids is 1. The number of halogens is 2. The van der Waals surface area contributed by atoms with Crippen LogP contribution in [-0.4, -0.2) is 117 Å². The fourth-order valence-electron chi connectivity index (χ4n) is 4.99. The molecule has 0 saturated carbocycles. The molecule has 5 amide bonds. The molecule has 2 rings (SSSR count). The van der Waals surface area contributed by atoms with E-state index in [9.17, 15) is 47.1 Å². The molecule has 0 radical (unpaired) electrons. The van der Waals surface area contributed by atoms with E-state index in [1.807, 2.05) is 0 Å². The van der Waals surface area contributed by atoms with Gasteiger partial charge in [-0.25, -0.2) is 4.98 Å². The number of hydrogen-bond acceptors (Lipinski definition) is 11. The molecule has 1 saturated heterocycles. The quantitative estimate of drug-likeness (QED) is 0.0936. The number of carboxylic acid groups (broad SMARTS) is 1. The Morgan fingerprint density at radius 3 is 2.22 bits per heavy atom. The molecular formula is C30H41F2N7O10. The zero-order valence-electron chi connectivity index (χ0n) is 27.6. The Hall–Kier alpha value is -5.10. The molecule has 1 aliphatic rings. The lowest BCUT2D eigenvalue weighted by atomic mass is 9.98. The number of aromatic nitrogens is 2. The van der Waals surface area contributed by atoms with Gasteiger partial charge in [-0.15, -0.1) is 0 Å². The zero-order chi connectivity index (χ0) is 37.1. The minimum absolute atomic E-state index is 0.0527. The van der Waals surface area contributed by atoms with Gasteiger partial charge in [-0.05, 0) is 18.3 Å². The van der Waals surface area contributed by atoms with Crippen molar-refractivity contribution in [3.05, 3.63) is 24.3 Å². The number of alkyl halides is 2. The van der Waals surface area contributed by atoms with Crippen molar-refractivity contribution in [2.24, 2.45) is 11.8 Å². The summed E-state index contributed by atoms with van der Waals surface area (Å²) in [4.78, 5) is 109. The lowest BCUT2D eigenvalue weighted by Crippen LogP contribution is -2.60. The first-order chi connectivity index (χ1) is 23.0. The molecule has 17 nitrogen and oxygen atoms in total. The van der Waals surface area contributed by atoms with Gasteiger partial charge in [0.25, 0.3) is 18.3 Å². The summed E-state index contributed by atoms with van der Waals surface area (Å²) in [7, 11) is 0. The first kappa shape index (κ1) is 40.1. The number of Topliss-reactive ketones (excluding diaryl/α,β-unsaturated/α-hetero) is 1. The predicted octanol–water partition coefficient (Wildman–Crippen LogP) is -0.796. The average molecular weight is 698 g/mol. The maximum absolute atomic E-state index is 14.7. The number of nitrogens with one attached hydrogen (secondary N) is 4. The molecule has 49 heavy (non-hydrogen) atoms. The molecule has 0 bridgehead atoms. The van der Waals surface area contributed by atoms with Crippen LogP contribution < -0.4 is 21.3 Å². The van der Waals surface area contributed by atoms with E-state index < -0.39 is 95.9 Å². The van der Waals surface area contributed by atoms with Crippen molar-refractivity contribution in [3.63, 3.8) is 0 Å². The minimum atomic E-state index is -4.71. The molecule has 1 aromatic heterocycles. The Balaban J connectivity index is 2.31. The monoisotopic (exact) mass is 697 g/mol. The van der Waals surface area contributed by atoms with Gasteiger partial charge in [-0.1, -0.05) is 41.0 Å². The number of ketones is 1. The van der Waals surface area contributed by atoms with E-state index >= 15 is 0 Å². The highest BCUT2D eigenvalue weighted by molar-refractivity contribution is 6.11. The summed E-state index contributed by atoms with van der Waals surface area (Å²) >= 11 is 0. The Bertz CT molecular complexity index is 1400. The lowest BCUT2D eigenvalue weighted by Gasteiger charge is -2.32. The van der Waals surface area contributed by atoms with Gasteiger partial charge in [-0.2, -0.15) is 8.78 Å². The van der Waals surface area contributed by atoms with E-state index in [0.29, 0.717) is 0 Å². The van der Waals surface area contributed by atoms with Gasteiger partial charge >= 0.3 is 11.9 Å². The Morgan fingerprint density at radius 2 is 1.69 bits per heavy atom. The van der Waals surface area contributed by atoms with E-state index in [1.165, 1.54) is 30.8 Å². The van der Waals surface area contributed by atoms with Crippen molar-refractivity contribution in [3.8, 4) is 0 Å². The molecule has 0 spiro atoms. The molecule has 270 valence electrons. The fourth-order valence-corrected chi connectivity index (χ4v) is 4.99. The highest BCUT2D eigenvalue weighted by Crippen LogP contribution is 2.25. The van der Waals surface area contributed by atoms with Gasteiger partial charge in [0.1, 0.15) is 36.5 Å². The van der Waals surface area contributed by atoms with Crippen LogP contribution in [0.2, 0.25) is 0 Å². The summed E-state index contributed by atoms with van der Waals surface area (Å²) in [6.45, 7) is 6.63. The van der Waals surface area contributed by atoms with Crippen LogP contribution in [0.5, 0.6) is 0 Å². The number of hydrogen-bond donors (Lipinski definition) is 5. The van der Waals surface area contributed by atoms with Crippen molar-refractivity contribution in [1.29, 1.82) is 0 Å². The molecule has 1 aliphatic heterocycles. The van der Waals surface area contributed by atoms with Gasteiger partial charge in [0.05, 0.1) is 18.8 Å². The smallest absolute Gasteiger partial charge is 0.383 e. The van der Waals surface area contributed by atoms with Gasteiger partial charge in [0, 0.05) is 18.8 Å². The number of likely N-dealkylation sites (tertiary alicyclic amines) is 1. The summed E-state index contributed by atoms with van der Waals surface area (Å²) in [5.41, 5.74) is -0.0527. The summed E-state index contributed by atoms with van der Waals surface area (Å²) in [5, 5.41) is 17.4. The zero-order valence-corrected chi connectivity index (χ0v) is 27.6. The largest absolute Gasteiger partial charge is 0.480 e. The lowest BCUT2D eigenvalue weighted by molar-refractivity contribution is -0.161. The van der Waals surface area contributed by atoms with Gasteiger partial charge in [0.2, 0.25) is 23.5 Å². The normalized spacial score (nSPS) is 17.8. The summed E-state index contributed by atoms with van der Waals surface area (Å²) in [6, 6.07) is -5.81. The highest BCUT2D eigenvalue weighted by Gasteiger charge is 2.51. The Labute approximate surface area is 280 Å². The van der Waals surface area contributed by atoms with Crippen LogP contribution in [0.4, 0.5) is 8.78 Å². The number of nitrogens with zero attached hydrogens (tertiary/aromatic N) is 3. The first-order valence-electron chi connectivity index (χ1n) is 15.4. The molecular weight excluding hydrogens is 656 g/mol. The summed E-state index contributed by atoms with van der Waals surface area (Å²) in [5.74, 6) is -14.9. The molecule has 19 heteroatoms. The molecule has 1 aromatic rings. The number of ether oxygens (including phenoxy) is 1. The van der Waals surface area contributed by atoms with E-state index in [0.717, 1.165) is 4.90 Å². The predicted molar refractivity (Wildman–Crippen MR) is 163 cm³/mol. The van der Waals surface area contributed by atoms with E-state index in [2.05, 4.69) is 25.9 Å². The Kier molecular flexibility index (Phi) is 14.6. The van der Waals surface area contributed by atoms with Gasteiger partial charge in [-0.3, -0.25) is 43.3 Å². The number of carbonyl (C=O) groups excluding carboxylic acids is 7. The second-order valence-electron chi connectivity index (χ2n) is 12.0. The van der Waals surface area contributed by atoms with Crippen LogP contribution in [0.25, 0.3) is 0 Å². The maximum atomic E-state index is 14.7. The van der Waals surface area contributed by atoms with Crippen LogP contribution in [0, 0.1) is 11.8 Å². The molecule has 2 heterocycles. The topological polar surface area (TPSA) is 243 Å². The third-order valence-electron chi connectivity index (χ3n) is 7.56. The number of carboxylic acids is 1. The van der Waals surface area contributed by atoms with Crippen molar-refractivity contribution in [1.82, 2.24) is 36.1 Å². The maximum Gasteiger partial charge on any atom is 0.383 e. The second kappa shape index (κ2) is 17.9. The molecule has 1 fully saturated rings. The van der Waals surface area contributed by atoms with Crippen LogP contribution >= 0.6 is 0 Å². The SMILES string of the molecule is CCC[C@H](NC(=O)[C@@H]1C[C@@H](OC=O)CN1C(=O)[C@@H](NC(=O)[C@@H](NC(=O)c1cnccn1)C(C)C)C(C)C)C(=O)C(F)(F)C(=O)NCC(=O)O. The van der Waals surface area contributed by atoms with Crippen molar-refractivity contribution in [2.45, 2.75) is 90.1 Å². The number of carbonyl (C=O) groups is 8. The van der Waals surface area contributed by atoms with E-state index in [4.69, 9.17) is 9.84 Å². The molecule has 5 N–H and O–H groups in total. The van der Waals surface area contributed by atoms with Crippen molar-refractivity contribution < 1.29 is 57.0 Å². The third-order valence-corrected chi connectivity index (χ3v) is 7.56. The summed E-state index contributed by atoms with van der Waals surface area (Å²) in [6.07, 6.45) is 2.30. The van der Waals surface area contributed by atoms with Gasteiger partial charge in [0.15, 0.2) is 0 Å². The Morgan fingerprint density at radius 1 is 1.04 bits per heavy atom. The standard InChI is InChI=1S/C30H41F2N7O10/c1-6-7-18(24(43)30(31,32)29(48)35-12-21(41)42)36-26(45)20-10-17(49-14-40)13-39(20)28(47)23(16(4)5)38-27(46)22(15(2)3)37-25(44)19-11-33-8-9-34-19/h8-9,11,14-18,20,22-23H,6-7,10,12-13H2,1-5H3,(H,35,48)(H,36,45)(H,37,44)(H,38,46)(H,41,42)/t17-,18+,20+,22+,23+/m1/s1. The van der Waals surface area contributed by atoms with Crippen LogP contribution in [-0.2, 0) is 38.3 Å². The van der Waals surface area contributed by atoms with Crippen LogP contribution in [0.3, 0.4) is 0 Å². The third kappa shape index (κ3) is 10.7. The average Bonchev–Trinajstić information content (AvgIpc) is 3.48. The molecule has 0 unspecified atom stereocenters. The highest BCUT2D eigenvalue weighted by atomic mass is 19.3. The second-order valence-corrected chi connectivity index (χ2v) is 12.0. The molecule has 0 aromatic carbocycles.